The van der Waals surface area contributed by atoms with Crippen LogP contribution in [0.25, 0.3) is 0 Å². The number of rotatable bonds is 3. The summed E-state index contributed by atoms with van der Waals surface area (Å²) in [5.41, 5.74) is 0.654. The zero-order valence-electron chi connectivity index (χ0n) is 8.59. The van der Waals surface area contributed by atoms with Gasteiger partial charge in [0.05, 0.1) is 11.1 Å². The number of anilines is 1. The van der Waals surface area contributed by atoms with E-state index in [4.69, 9.17) is 16.9 Å². The lowest BCUT2D eigenvalue weighted by molar-refractivity contribution is 0.608. The Morgan fingerprint density at radius 1 is 1.47 bits per heavy atom. The third kappa shape index (κ3) is 3.10. The van der Waals surface area contributed by atoms with Crippen LogP contribution in [0.4, 0.5) is 10.1 Å². The molecule has 1 N–H and O–H groups in total. The third-order valence-electron chi connectivity index (χ3n) is 2.05. The second-order valence-corrected chi connectivity index (χ2v) is 4.03. The molecule has 1 aromatic rings. The molecule has 0 saturated heterocycles. The number of halogens is 2. The Bertz CT molecular complexity index is 385. The van der Waals surface area contributed by atoms with Gasteiger partial charge in [0.1, 0.15) is 11.9 Å². The minimum Gasteiger partial charge on any atom is -0.370 e. The highest BCUT2D eigenvalue weighted by Gasteiger charge is 2.12. The molecule has 0 aliphatic heterocycles. The van der Waals surface area contributed by atoms with Crippen LogP contribution in [0, 0.1) is 23.1 Å². The first-order chi connectivity index (χ1) is 7.04. The average molecular weight is 227 g/mol. The molecule has 2 nitrogen and oxygen atoms in total. The zero-order valence-corrected chi connectivity index (χ0v) is 9.35. The van der Waals surface area contributed by atoms with Crippen LogP contribution < -0.4 is 5.32 Å². The summed E-state index contributed by atoms with van der Waals surface area (Å²) in [5.74, 6) is -0.279. The molecule has 1 rings (SSSR count). The van der Waals surface area contributed by atoms with E-state index < -0.39 is 5.82 Å². The van der Waals surface area contributed by atoms with Crippen LogP contribution >= 0.6 is 11.6 Å². The monoisotopic (exact) mass is 226 g/mol. The van der Waals surface area contributed by atoms with Gasteiger partial charge in [0.25, 0.3) is 0 Å². The van der Waals surface area contributed by atoms with Crippen LogP contribution in [0.5, 0.6) is 0 Å². The predicted octanol–water partition coefficient (Wildman–Crippen LogP) is 3.44. The van der Waals surface area contributed by atoms with E-state index in [1.54, 1.807) is 6.07 Å². The minimum absolute atomic E-state index is 0.0560. The van der Waals surface area contributed by atoms with E-state index in [0.717, 1.165) is 0 Å². The lowest BCUT2D eigenvalue weighted by Crippen LogP contribution is -2.23. The van der Waals surface area contributed by atoms with Crippen LogP contribution in [0.1, 0.15) is 13.8 Å². The molecule has 4 heteroatoms. The molecule has 1 aromatic carbocycles. The molecular formula is C11H12ClFN2. The molecule has 0 amide bonds. The molecule has 1 unspecified atom stereocenters. The van der Waals surface area contributed by atoms with E-state index in [0.29, 0.717) is 5.69 Å². The van der Waals surface area contributed by atoms with Crippen LogP contribution in [0.3, 0.4) is 0 Å². The van der Waals surface area contributed by atoms with Gasteiger partial charge in [0, 0.05) is 5.69 Å². The summed E-state index contributed by atoms with van der Waals surface area (Å²) >= 11 is 5.62. The third-order valence-corrected chi connectivity index (χ3v) is 2.34. The Morgan fingerprint density at radius 3 is 2.60 bits per heavy atom. The highest BCUT2D eigenvalue weighted by Crippen LogP contribution is 2.20. The van der Waals surface area contributed by atoms with Crippen molar-refractivity contribution in [2.75, 3.05) is 5.32 Å². The van der Waals surface area contributed by atoms with Crippen molar-refractivity contribution in [3.63, 3.8) is 0 Å². The number of nitrogens with one attached hydrogen (secondary N) is 1. The topological polar surface area (TPSA) is 35.8 Å². The van der Waals surface area contributed by atoms with Gasteiger partial charge in [-0.15, -0.1) is 0 Å². The molecule has 0 aliphatic carbocycles. The molecule has 0 heterocycles. The lowest BCUT2D eigenvalue weighted by Gasteiger charge is -2.16. The van der Waals surface area contributed by atoms with Gasteiger partial charge in [-0.2, -0.15) is 5.26 Å². The van der Waals surface area contributed by atoms with E-state index in [1.165, 1.54) is 12.1 Å². The van der Waals surface area contributed by atoms with Gasteiger partial charge in [-0.25, -0.2) is 4.39 Å². The van der Waals surface area contributed by atoms with E-state index in [-0.39, 0.29) is 17.0 Å². The Morgan fingerprint density at radius 2 is 2.13 bits per heavy atom. The molecule has 1 atom stereocenters. The van der Waals surface area contributed by atoms with Crippen molar-refractivity contribution in [2.45, 2.75) is 19.9 Å². The smallest absolute Gasteiger partial charge is 0.141 e. The first-order valence-electron chi connectivity index (χ1n) is 4.65. The molecule has 80 valence electrons. The van der Waals surface area contributed by atoms with Gasteiger partial charge < -0.3 is 5.32 Å². The van der Waals surface area contributed by atoms with Crippen LogP contribution in [0.2, 0.25) is 5.02 Å². The van der Waals surface area contributed by atoms with Crippen molar-refractivity contribution in [3.8, 4) is 6.07 Å². The van der Waals surface area contributed by atoms with E-state index in [2.05, 4.69) is 11.4 Å². The Kier molecular flexibility index (Phi) is 3.93. The van der Waals surface area contributed by atoms with Gasteiger partial charge in [-0.05, 0) is 24.1 Å². The SMILES string of the molecule is CC(C)C(C#N)Nc1ccc(F)c(Cl)c1. The summed E-state index contributed by atoms with van der Waals surface area (Å²) in [7, 11) is 0. The van der Waals surface area contributed by atoms with Crippen LogP contribution in [-0.4, -0.2) is 6.04 Å². The maximum Gasteiger partial charge on any atom is 0.141 e. The summed E-state index contributed by atoms with van der Waals surface area (Å²) in [4.78, 5) is 0. The van der Waals surface area contributed by atoms with E-state index in [1.807, 2.05) is 13.8 Å². The maximum atomic E-state index is 12.9. The Labute approximate surface area is 93.7 Å². The second-order valence-electron chi connectivity index (χ2n) is 3.62. The van der Waals surface area contributed by atoms with E-state index >= 15 is 0 Å². The fourth-order valence-electron chi connectivity index (χ4n) is 1.11. The van der Waals surface area contributed by atoms with Crippen molar-refractivity contribution in [3.05, 3.63) is 29.0 Å². The highest BCUT2D eigenvalue weighted by molar-refractivity contribution is 6.31. The Balaban J connectivity index is 2.81. The van der Waals surface area contributed by atoms with Crippen molar-refractivity contribution < 1.29 is 4.39 Å². The molecule has 0 aromatic heterocycles. The molecule has 0 radical (unpaired) electrons. The van der Waals surface area contributed by atoms with Crippen LogP contribution in [-0.2, 0) is 0 Å². The predicted molar refractivity (Wildman–Crippen MR) is 59.3 cm³/mol. The number of hydrogen-bond acceptors (Lipinski definition) is 2. The fourth-order valence-corrected chi connectivity index (χ4v) is 1.29. The standard InChI is InChI=1S/C11H12ClFN2/c1-7(2)11(6-14)15-8-3-4-10(13)9(12)5-8/h3-5,7,11,15H,1-2H3. The molecule has 0 fully saturated rings. The largest absolute Gasteiger partial charge is 0.370 e. The number of hydrogen-bond donors (Lipinski definition) is 1. The van der Waals surface area contributed by atoms with Crippen molar-refractivity contribution in [2.24, 2.45) is 5.92 Å². The van der Waals surface area contributed by atoms with Gasteiger partial charge in [0.2, 0.25) is 0 Å². The minimum atomic E-state index is -0.458. The summed E-state index contributed by atoms with van der Waals surface area (Å²) in [5, 5.41) is 11.9. The first kappa shape index (κ1) is 11.8. The summed E-state index contributed by atoms with van der Waals surface area (Å²) in [6.07, 6.45) is 0. The van der Waals surface area contributed by atoms with Crippen molar-refractivity contribution in [1.29, 1.82) is 5.26 Å². The number of nitriles is 1. The molecular weight excluding hydrogens is 215 g/mol. The second kappa shape index (κ2) is 4.99. The fraction of sp³-hybridized carbons (Fsp3) is 0.364. The summed E-state index contributed by atoms with van der Waals surface area (Å²) in [6, 6.07) is 6.15. The number of benzene rings is 1. The summed E-state index contributed by atoms with van der Waals surface area (Å²) < 4.78 is 12.9. The van der Waals surface area contributed by atoms with Crippen molar-refractivity contribution in [1.82, 2.24) is 0 Å². The van der Waals surface area contributed by atoms with Gasteiger partial charge in [-0.3, -0.25) is 0 Å². The molecule has 0 aliphatic rings. The van der Waals surface area contributed by atoms with E-state index in [9.17, 15) is 4.39 Å². The van der Waals surface area contributed by atoms with Crippen molar-refractivity contribution >= 4 is 17.3 Å². The quantitative estimate of drug-likeness (QED) is 0.857. The Hall–Kier alpha value is -1.27. The van der Waals surface area contributed by atoms with Gasteiger partial charge >= 0.3 is 0 Å². The van der Waals surface area contributed by atoms with Gasteiger partial charge in [-0.1, -0.05) is 25.4 Å². The van der Waals surface area contributed by atoms with Crippen LogP contribution in [0.15, 0.2) is 18.2 Å². The molecule has 0 bridgehead atoms. The highest BCUT2D eigenvalue weighted by atomic mass is 35.5. The number of nitrogens with zero attached hydrogens (tertiary/aromatic N) is 1. The normalized spacial score (nSPS) is 12.3. The van der Waals surface area contributed by atoms with Gasteiger partial charge in [0.15, 0.2) is 0 Å². The molecule has 15 heavy (non-hydrogen) atoms. The summed E-state index contributed by atoms with van der Waals surface area (Å²) in [6.45, 7) is 3.87. The average Bonchev–Trinajstić information content (AvgIpc) is 2.19. The maximum absolute atomic E-state index is 12.9. The zero-order chi connectivity index (χ0) is 11.4. The molecule has 0 spiro atoms. The molecule has 0 saturated carbocycles. The first-order valence-corrected chi connectivity index (χ1v) is 5.03. The lowest BCUT2D eigenvalue weighted by atomic mass is 10.1.